The lowest BCUT2D eigenvalue weighted by molar-refractivity contribution is -0.143. The topological polar surface area (TPSA) is 26.5 Å². The van der Waals surface area contributed by atoms with Crippen LogP contribution >= 0.6 is 0 Å². The molecule has 2 heterocycles. The number of alkyl halides is 6. The first-order chi connectivity index (χ1) is 14.8. The van der Waals surface area contributed by atoms with Crippen molar-refractivity contribution >= 4 is 16.8 Å². The Morgan fingerprint density at radius 3 is 2.09 bits per heavy atom. The molecule has 1 aliphatic rings. The van der Waals surface area contributed by atoms with E-state index in [1.54, 1.807) is 37.4 Å². The van der Waals surface area contributed by atoms with E-state index in [1.165, 1.54) is 4.57 Å². The molecular formula is C23H20F6N2O. The number of hydrogen-bond donors (Lipinski definition) is 0. The zero-order chi connectivity index (χ0) is 23.5. The zero-order valence-corrected chi connectivity index (χ0v) is 17.5. The fraction of sp³-hybridized carbons (Fsp3) is 0.348. The Bertz CT molecular complexity index is 1170. The second kappa shape index (κ2) is 7.28. The van der Waals surface area contributed by atoms with Gasteiger partial charge in [-0.25, -0.2) is 4.99 Å². The van der Waals surface area contributed by atoms with Crippen molar-refractivity contribution in [2.75, 3.05) is 0 Å². The second-order valence-electron chi connectivity index (χ2n) is 8.38. The summed E-state index contributed by atoms with van der Waals surface area (Å²) in [6.07, 6.45) is -7.83. The number of hydrogen-bond acceptors (Lipinski definition) is 2. The summed E-state index contributed by atoms with van der Waals surface area (Å²) in [4.78, 5) is 4.51. The highest BCUT2D eigenvalue weighted by molar-refractivity contribution is 5.86. The third-order valence-corrected chi connectivity index (χ3v) is 5.61. The number of aromatic nitrogens is 1. The summed E-state index contributed by atoms with van der Waals surface area (Å²) in [7, 11) is 0. The van der Waals surface area contributed by atoms with Crippen molar-refractivity contribution in [3.8, 4) is 5.69 Å². The summed E-state index contributed by atoms with van der Waals surface area (Å²) in [6, 6.07) is 8.27. The lowest BCUT2D eigenvalue weighted by Gasteiger charge is -2.24. The van der Waals surface area contributed by atoms with Crippen LogP contribution in [0.25, 0.3) is 16.6 Å². The molecule has 0 fully saturated rings. The van der Waals surface area contributed by atoms with Crippen LogP contribution in [0, 0.1) is 0 Å². The molecule has 0 bridgehead atoms. The van der Waals surface area contributed by atoms with E-state index >= 15 is 0 Å². The SMILES string of the molecule is CC1=NC(Cc2cn(-c3cc(C(F)(F)F)cc(C(F)(F)F)c3)c3ccccc23)C(C)(C)O1. The first-order valence-electron chi connectivity index (χ1n) is 9.88. The molecule has 1 unspecified atom stereocenters. The Morgan fingerprint density at radius 2 is 1.56 bits per heavy atom. The second-order valence-corrected chi connectivity index (χ2v) is 8.38. The van der Waals surface area contributed by atoms with E-state index < -0.39 is 29.1 Å². The predicted molar refractivity (Wildman–Crippen MR) is 109 cm³/mol. The largest absolute Gasteiger partial charge is 0.473 e. The molecule has 0 radical (unpaired) electrons. The minimum Gasteiger partial charge on any atom is -0.473 e. The molecule has 2 aromatic carbocycles. The number of nitrogens with zero attached hydrogens (tertiary/aromatic N) is 2. The van der Waals surface area contributed by atoms with Gasteiger partial charge in [-0.15, -0.1) is 0 Å². The molecule has 3 aromatic rings. The summed E-state index contributed by atoms with van der Waals surface area (Å²) >= 11 is 0. The molecule has 1 atom stereocenters. The maximum Gasteiger partial charge on any atom is 0.416 e. The highest BCUT2D eigenvalue weighted by Gasteiger charge is 2.39. The third-order valence-electron chi connectivity index (χ3n) is 5.61. The number of rotatable bonds is 3. The standard InChI is InChI=1S/C23H20F6N2O/c1-13-30-20(21(2,3)32-13)8-14-12-31(19-7-5-4-6-18(14)19)17-10-15(22(24,25)26)9-16(11-17)23(27,28)29/h4-7,9-12,20H,8H2,1-3H3. The quantitative estimate of drug-likeness (QED) is 0.400. The number of para-hydroxylation sites is 1. The lowest BCUT2D eigenvalue weighted by Crippen LogP contribution is -2.34. The molecule has 0 spiro atoms. The molecule has 9 heteroatoms. The van der Waals surface area contributed by atoms with Gasteiger partial charge in [0.1, 0.15) is 5.60 Å². The van der Waals surface area contributed by atoms with E-state index in [0.29, 0.717) is 17.8 Å². The number of benzene rings is 2. The Hall–Kier alpha value is -2.97. The molecule has 0 amide bonds. The van der Waals surface area contributed by atoms with Crippen molar-refractivity contribution in [2.45, 2.75) is 51.2 Å². The number of fused-ring (bicyclic) bond motifs is 1. The van der Waals surface area contributed by atoms with Gasteiger partial charge in [0.25, 0.3) is 0 Å². The van der Waals surface area contributed by atoms with Gasteiger partial charge in [0.15, 0.2) is 5.90 Å². The molecule has 0 N–H and O–H groups in total. The molecular weight excluding hydrogens is 434 g/mol. The van der Waals surface area contributed by atoms with E-state index in [1.807, 2.05) is 13.8 Å². The van der Waals surface area contributed by atoms with Crippen molar-refractivity contribution in [1.82, 2.24) is 4.57 Å². The Kier molecular flexibility index (Phi) is 5.06. The summed E-state index contributed by atoms with van der Waals surface area (Å²) < 4.78 is 87.3. The van der Waals surface area contributed by atoms with Crippen LogP contribution in [-0.4, -0.2) is 22.1 Å². The van der Waals surface area contributed by atoms with Crippen LogP contribution in [0.1, 0.15) is 37.5 Å². The summed E-state index contributed by atoms with van der Waals surface area (Å²) in [5.41, 5.74) is -2.23. The predicted octanol–water partition coefficient (Wildman–Crippen LogP) is 6.81. The molecule has 170 valence electrons. The van der Waals surface area contributed by atoms with Crippen molar-refractivity contribution < 1.29 is 31.1 Å². The van der Waals surface area contributed by atoms with Gasteiger partial charge in [-0.1, -0.05) is 18.2 Å². The normalized spacial score (nSPS) is 18.7. The lowest BCUT2D eigenvalue weighted by atomic mass is 9.93. The van der Waals surface area contributed by atoms with E-state index in [-0.39, 0.29) is 17.8 Å². The van der Waals surface area contributed by atoms with Crippen LogP contribution in [0.4, 0.5) is 26.3 Å². The molecule has 0 saturated heterocycles. The van der Waals surface area contributed by atoms with Gasteiger partial charge < -0.3 is 9.30 Å². The van der Waals surface area contributed by atoms with Gasteiger partial charge in [0.05, 0.1) is 22.7 Å². The van der Waals surface area contributed by atoms with Crippen molar-refractivity contribution in [3.63, 3.8) is 0 Å². The Labute approximate surface area is 180 Å². The smallest absolute Gasteiger partial charge is 0.416 e. The van der Waals surface area contributed by atoms with Gasteiger partial charge in [-0.05, 0) is 43.7 Å². The summed E-state index contributed by atoms with van der Waals surface area (Å²) in [5, 5.41) is 0.731. The van der Waals surface area contributed by atoms with Gasteiger partial charge in [0, 0.05) is 30.6 Å². The minimum absolute atomic E-state index is 0.131. The highest BCUT2D eigenvalue weighted by atomic mass is 19.4. The first kappa shape index (κ1) is 22.2. The van der Waals surface area contributed by atoms with E-state index in [0.717, 1.165) is 23.1 Å². The number of aliphatic imine (C=N–C) groups is 1. The van der Waals surface area contributed by atoms with Crippen LogP contribution in [0.15, 0.2) is 53.7 Å². The summed E-state index contributed by atoms with van der Waals surface area (Å²) in [5.74, 6) is 0.538. The maximum atomic E-state index is 13.4. The average molecular weight is 454 g/mol. The van der Waals surface area contributed by atoms with Crippen LogP contribution in [0.3, 0.4) is 0 Å². The minimum atomic E-state index is -4.92. The Balaban J connectivity index is 1.88. The van der Waals surface area contributed by atoms with E-state index in [9.17, 15) is 26.3 Å². The fourth-order valence-corrected chi connectivity index (χ4v) is 4.05. The third kappa shape index (κ3) is 4.08. The highest BCUT2D eigenvalue weighted by Crippen LogP contribution is 2.38. The van der Waals surface area contributed by atoms with Crippen molar-refractivity contribution in [2.24, 2.45) is 4.99 Å². The van der Waals surface area contributed by atoms with Crippen molar-refractivity contribution in [1.29, 1.82) is 0 Å². The molecule has 1 aliphatic heterocycles. The average Bonchev–Trinajstić information content (AvgIpc) is 3.16. The van der Waals surface area contributed by atoms with Crippen LogP contribution in [0.2, 0.25) is 0 Å². The van der Waals surface area contributed by atoms with Crippen LogP contribution in [-0.2, 0) is 23.5 Å². The van der Waals surface area contributed by atoms with Gasteiger partial charge in [-0.2, -0.15) is 26.3 Å². The first-order valence-corrected chi connectivity index (χ1v) is 9.88. The molecule has 0 aliphatic carbocycles. The van der Waals surface area contributed by atoms with E-state index in [2.05, 4.69) is 4.99 Å². The number of halogens is 6. The van der Waals surface area contributed by atoms with Crippen LogP contribution < -0.4 is 0 Å². The molecule has 3 nitrogen and oxygen atoms in total. The molecule has 32 heavy (non-hydrogen) atoms. The van der Waals surface area contributed by atoms with E-state index in [4.69, 9.17) is 4.74 Å². The van der Waals surface area contributed by atoms with Gasteiger partial charge >= 0.3 is 12.4 Å². The molecule has 1 aromatic heterocycles. The molecule has 4 rings (SSSR count). The molecule has 0 saturated carbocycles. The number of ether oxygens (including phenoxy) is 1. The fourth-order valence-electron chi connectivity index (χ4n) is 4.05. The summed E-state index contributed by atoms with van der Waals surface area (Å²) in [6.45, 7) is 5.52. The van der Waals surface area contributed by atoms with Crippen LogP contribution in [0.5, 0.6) is 0 Å². The van der Waals surface area contributed by atoms with Gasteiger partial charge in [-0.3, -0.25) is 0 Å². The maximum absolute atomic E-state index is 13.4. The Morgan fingerprint density at radius 1 is 0.969 bits per heavy atom. The zero-order valence-electron chi connectivity index (χ0n) is 17.5. The van der Waals surface area contributed by atoms with Gasteiger partial charge in [0.2, 0.25) is 0 Å². The monoisotopic (exact) mass is 454 g/mol. The van der Waals surface area contributed by atoms with Crippen molar-refractivity contribution in [3.05, 3.63) is 65.4 Å².